The van der Waals surface area contributed by atoms with Crippen LogP contribution in [-0.4, -0.2) is 54.4 Å². The average Bonchev–Trinajstić information content (AvgIpc) is 3.01. The second kappa shape index (κ2) is 7.38. The monoisotopic (exact) mass is 328 g/mol. The lowest BCUT2D eigenvalue weighted by Crippen LogP contribution is -2.53. The molecular formula is C18H24N4O2. The Balaban J connectivity index is 1.68. The summed E-state index contributed by atoms with van der Waals surface area (Å²) in [5.41, 5.74) is 0.891. The number of amides is 1. The highest BCUT2D eigenvalue weighted by molar-refractivity contribution is 5.81. The maximum Gasteiger partial charge on any atom is 0.219 e. The van der Waals surface area contributed by atoms with Crippen molar-refractivity contribution >= 4 is 22.8 Å². The number of benzene rings is 1. The zero-order chi connectivity index (χ0) is 16.9. The summed E-state index contributed by atoms with van der Waals surface area (Å²) in [4.78, 5) is 20.2. The van der Waals surface area contributed by atoms with E-state index >= 15 is 0 Å². The molecule has 0 spiro atoms. The summed E-state index contributed by atoms with van der Waals surface area (Å²) in [6.45, 7) is 8.07. The van der Waals surface area contributed by atoms with Crippen molar-refractivity contribution < 1.29 is 9.21 Å². The van der Waals surface area contributed by atoms with E-state index in [2.05, 4.69) is 17.1 Å². The standard InChI is InChI=1S/C18H24N4O2/c1-3-19-18(22-10-8-21(9-11-22)14(2)23)20-13-16-12-15-6-4-5-7-17(15)24-16/h4-7,12H,3,8-11,13H2,1-2H3,(H,19,20). The maximum absolute atomic E-state index is 11.4. The number of carbonyl (C=O) groups excluding carboxylic acids is 1. The summed E-state index contributed by atoms with van der Waals surface area (Å²) in [5, 5.41) is 4.43. The second-order valence-corrected chi connectivity index (χ2v) is 5.91. The number of furan rings is 1. The molecule has 1 fully saturated rings. The van der Waals surface area contributed by atoms with Gasteiger partial charge in [0.15, 0.2) is 5.96 Å². The van der Waals surface area contributed by atoms with Crippen LogP contribution >= 0.6 is 0 Å². The van der Waals surface area contributed by atoms with Gasteiger partial charge in [-0.15, -0.1) is 0 Å². The van der Waals surface area contributed by atoms with Crippen LogP contribution in [0.1, 0.15) is 19.6 Å². The predicted octanol–water partition coefficient (Wildman–Crippen LogP) is 2.06. The van der Waals surface area contributed by atoms with Gasteiger partial charge in [-0.3, -0.25) is 4.79 Å². The molecule has 0 saturated carbocycles. The second-order valence-electron chi connectivity index (χ2n) is 5.91. The number of para-hydroxylation sites is 1. The first-order valence-corrected chi connectivity index (χ1v) is 8.43. The molecule has 2 aromatic rings. The molecule has 1 aliphatic rings. The first kappa shape index (κ1) is 16.4. The molecule has 6 nitrogen and oxygen atoms in total. The van der Waals surface area contributed by atoms with Crippen LogP contribution in [0.25, 0.3) is 11.0 Å². The molecule has 0 bridgehead atoms. The lowest BCUT2D eigenvalue weighted by atomic mass is 10.2. The average molecular weight is 328 g/mol. The van der Waals surface area contributed by atoms with Gasteiger partial charge in [0, 0.05) is 45.0 Å². The van der Waals surface area contributed by atoms with E-state index in [-0.39, 0.29) is 5.91 Å². The lowest BCUT2D eigenvalue weighted by molar-refractivity contribution is -0.130. The predicted molar refractivity (Wildman–Crippen MR) is 94.9 cm³/mol. The van der Waals surface area contributed by atoms with E-state index in [0.29, 0.717) is 6.54 Å². The van der Waals surface area contributed by atoms with Gasteiger partial charge in [0.2, 0.25) is 5.91 Å². The Morgan fingerprint density at radius 3 is 2.58 bits per heavy atom. The molecule has 128 valence electrons. The van der Waals surface area contributed by atoms with Crippen molar-refractivity contribution in [3.05, 3.63) is 36.1 Å². The van der Waals surface area contributed by atoms with Crippen LogP contribution in [0.5, 0.6) is 0 Å². The molecule has 0 radical (unpaired) electrons. The first-order chi connectivity index (χ1) is 11.7. The van der Waals surface area contributed by atoms with Gasteiger partial charge in [-0.05, 0) is 19.1 Å². The fourth-order valence-corrected chi connectivity index (χ4v) is 2.93. The number of aliphatic imine (C=N–C) groups is 1. The minimum absolute atomic E-state index is 0.138. The molecule has 1 amide bonds. The molecule has 1 N–H and O–H groups in total. The zero-order valence-electron chi connectivity index (χ0n) is 14.3. The molecule has 1 aromatic heterocycles. The van der Waals surface area contributed by atoms with E-state index < -0.39 is 0 Å². The van der Waals surface area contributed by atoms with Crippen LogP contribution in [0.15, 0.2) is 39.7 Å². The van der Waals surface area contributed by atoms with E-state index in [4.69, 9.17) is 9.41 Å². The maximum atomic E-state index is 11.4. The largest absolute Gasteiger partial charge is 0.459 e. The van der Waals surface area contributed by atoms with Crippen LogP contribution in [0.3, 0.4) is 0 Å². The van der Waals surface area contributed by atoms with Crippen LogP contribution in [0.4, 0.5) is 0 Å². The minimum Gasteiger partial charge on any atom is -0.459 e. The Morgan fingerprint density at radius 2 is 1.92 bits per heavy atom. The molecule has 24 heavy (non-hydrogen) atoms. The topological polar surface area (TPSA) is 61.1 Å². The van der Waals surface area contributed by atoms with Gasteiger partial charge in [-0.25, -0.2) is 4.99 Å². The van der Waals surface area contributed by atoms with Gasteiger partial charge in [-0.2, -0.15) is 0 Å². The molecule has 3 rings (SSSR count). The highest BCUT2D eigenvalue weighted by Crippen LogP contribution is 2.19. The van der Waals surface area contributed by atoms with Crippen LogP contribution in [0.2, 0.25) is 0 Å². The number of hydrogen-bond donors (Lipinski definition) is 1. The Morgan fingerprint density at radius 1 is 1.21 bits per heavy atom. The number of fused-ring (bicyclic) bond motifs is 1. The van der Waals surface area contributed by atoms with Gasteiger partial charge in [0.05, 0.1) is 0 Å². The highest BCUT2D eigenvalue weighted by atomic mass is 16.3. The summed E-state index contributed by atoms with van der Waals surface area (Å²) in [5.74, 6) is 1.87. The molecule has 0 aliphatic carbocycles. The fraction of sp³-hybridized carbons (Fsp3) is 0.444. The van der Waals surface area contributed by atoms with E-state index in [1.54, 1.807) is 6.92 Å². The Kier molecular flexibility index (Phi) is 5.03. The molecule has 1 saturated heterocycles. The third-order valence-electron chi connectivity index (χ3n) is 4.22. The number of nitrogens with one attached hydrogen (secondary N) is 1. The number of nitrogens with zero attached hydrogens (tertiary/aromatic N) is 3. The number of guanidine groups is 1. The minimum atomic E-state index is 0.138. The van der Waals surface area contributed by atoms with E-state index in [1.165, 1.54) is 0 Å². The van der Waals surface area contributed by atoms with Crippen molar-refractivity contribution in [3.8, 4) is 0 Å². The number of carbonyl (C=O) groups is 1. The summed E-state index contributed by atoms with van der Waals surface area (Å²) in [6.07, 6.45) is 0. The quantitative estimate of drug-likeness (QED) is 0.692. The van der Waals surface area contributed by atoms with Crippen LogP contribution < -0.4 is 5.32 Å². The van der Waals surface area contributed by atoms with Crippen molar-refractivity contribution in [1.82, 2.24) is 15.1 Å². The summed E-state index contributed by atoms with van der Waals surface area (Å²) in [6, 6.07) is 10.0. The molecule has 0 atom stereocenters. The number of hydrogen-bond acceptors (Lipinski definition) is 3. The van der Waals surface area contributed by atoms with Crippen molar-refractivity contribution in [3.63, 3.8) is 0 Å². The van der Waals surface area contributed by atoms with Crippen molar-refractivity contribution in [2.75, 3.05) is 32.7 Å². The number of rotatable bonds is 3. The molecule has 1 aromatic carbocycles. The molecular weight excluding hydrogens is 304 g/mol. The highest BCUT2D eigenvalue weighted by Gasteiger charge is 2.20. The Labute approximate surface area is 142 Å². The van der Waals surface area contributed by atoms with Gasteiger partial charge < -0.3 is 19.5 Å². The van der Waals surface area contributed by atoms with Crippen molar-refractivity contribution in [2.24, 2.45) is 4.99 Å². The fourth-order valence-electron chi connectivity index (χ4n) is 2.93. The summed E-state index contributed by atoms with van der Waals surface area (Å²) in [7, 11) is 0. The summed E-state index contributed by atoms with van der Waals surface area (Å²) < 4.78 is 5.83. The van der Waals surface area contributed by atoms with Gasteiger partial charge in [0.25, 0.3) is 0 Å². The van der Waals surface area contributed by atoms with Gasteiger partial charge >= 0.3 is 0 Å². The number of piperazine rings is 1. The Bertz CT molecular complexity index is 696. The molecule has 6 heteroatoms. The van der Waals surface area contributed by atoms with E-state index in [9.17, 15) is 4.79 Å². The van der Waals surface area contributed by atoms with E-state index in [0.717, 1.165) is 55.4 Å². The van der Waals surface area contributed by atoms with Gasteiger partial charge in [-0.1, -0.05) is 18.2 Å². The normalized spacial score (nSPS) is 15.8. The van der Waals surface area contributed by atoms with Gasteiger partial charge in [0.1, 0.15) is 17.9 Å². The summed E-state index contributed by atoms with van der Waals surface area (Å²) >= 11 is 0. The van der Waals surface area contributed by atoms with Crippen LogP contribution in [-0.2, 0) is 11.3 Å². The van der Waals surface area contributed by atoms with E-state index in [1.807, 2.05) is 35.2 Å². The third kappa shape index (κ3) is 3.69. The molecule has 1 aliphatic heterocycles. The molecule has 2 heterocycles. The molecule has 0 unspecified atom stereocenters. The van der Waals surface area contributed by atoms with Crippen molar-refractivity contribution in [2.45, 2.75) is 20.4 Å². The zero-order valence-corrected chi connectivity index (χ0v) is 14.3. The first-order valence-electron chi connectivity index (χ1n) is 8.43. The smallest absolute Gasteiger partial charge is 0.219 e. The lowest BCUT2D eigenvalue weighted by Gasteiger charge is -2.36. The van der Waals surface area contributed by atoms with Crippen molar-refractivity contribution in [1.29, 1.82) is 0 Å². The Hall–Kier alpha value is -2.50. The van der Waals surface area contributed by atoms with Crippen LogP contribution in [0, 0.1) is 0 Å². The third-order valence-corrected chi connectivity index (χ3v) is 4.22. The SMILES string of the molecule is CCNC(=NCc1cc2ccccc2o1)N1CCN(C(C)=O)CC1.